The maximum absolute atomic E-state index is 12.5. The van der Waals surface area contributed by atoms with Gasteiger partial charge >= 0.3 is 0 Å². The van der Waals surface area contributed by atoms with E-state index >= 15 is 0 Å². The minimum atomic E-state index is -0.0766. The number of nitrogens with zero attached hydrogens (tertiary/aromatic N) is 2. The Balaban J connectivity index is 1.26. The monoisotopic (exact) mass is 590 g/mol. The molecular weight excluding hydrogens is 568 g/mol. The maximum Gasteiger partial charge on any atom is 0.251 e. The third kappa shape index (κ3) is 5.85. The third-order valence-corrected chi connectivity index (χ3v) is 7.71. The summed E-state index contributed by atoms with van der Waals surface area (Å²) in [7, 11) is 0. The van der Waals surface area contributed by atoms with E-state index in [1.54, 1.807) is 11.8 Å². The number of nitrogens with one attached hydrogen (secondary N) is 2. The van der Waals surface area contributed by atoms with Crippen molar-refractivity contribution in [2.75, 3.05) is 11.6 Å². The van der Waals surface area contributed by atoms with Crippen LogP contribution >= 0.6 is 39.3 Å². The lowest BCUT2D eigenvalue weighted by atomic mass is 10.1. The van der Waals surface area contributed by atoms with E-state index in [2.05, 4.69) is 38.7 Å². The second kappa shape index (κ2) is 11.4. The van der Waals surface area contributed by atoms with Crippen LogP contribution in [0, 0.1) is 0 Å². The molecule has 5 aromatic rings. The molecule has 8 heteroatoms. The summed E-state index contributed by atoms with van der Waals surface area (Å²) < 4.78 is 2.93. The minimum absolute atomic E-state index is 0.0766. The molecule has 1 amide bonds. The van der Waals surface area contributed by atoms with E-state index in [0.717, 1.165) is 43.2 Å². The van der Waals surface area contributed by atoms with E-state index in [1.165, 1.54) is 0 Å². The summed E-state index contributed by atoms with van der Waals surface area (Å²) in [5, 5.41) is 7.19. The van der Waals surface area contributed by atoms with Crippen molar-refractivity contribution in [1.29, 1.82) is 0 Å². The highest BCUT2D eigenvalue weighted by Crippen LogP contribution is 2.31. The largest absolute Gasteiger partial charge is 0.367 e. The second-order valence-corrected chi connectivity index (χ2v) is 10.6. The van der Waals surface area contributed by atoms with E-state index in [-0.39, 0.29) is 5.91 Å². The fraction of sp³-hybridized carbons (Fsp3) is 0.103. The van der Waals surface area contributed by atoms with Gasteiger partial charge in [-0.1, -0.05) is 54.1 Å². The summed E-state index contributed by atoms with van der Waals surface area (Å²) in [5.74, 6) is 0.835. The van der Waals surface area contributed by atoms with Gasteiger partial charge in [0.25, 0.3) is 5.91 Å². The van der Waals surface area contributed by atoms with Crippen molar-refractivity contribution < 1.29 is 4.79 Å². The van der Waals surface area contributed by atoms with Crippen molar-refractivity contribution in [3.8, 4) is 11.3 Å². The predicted molar refractivity (Wildman–Crippen MR) is 156 cm³/mol. The molecule has 2 aromatic heterocycles. The van der Waals surface area contributed by atoms with Gasteiger partial charge in [0.2, 0.25) is 0 Å². The zero-order valence-electron chi connectivity index (χ0n) is 20.0. The lowest BCUT2D eigenvalue weighted by Gasteiger charge is -2.13. The van der Waals surface area contributed by atoms with Crippen molar-refractivity contribution in [1.82, 2.24) is 14.7 Å². The predicted octanol–water partition coefficient (Wildman–Crippen LogP) is 7.68. The summed E-state index contributed by atoms with van der Waals surface area (Å²) in [4.78, 5) is 18.4. The number of benzene rings is 3. The fourth-order valence-electron chi connectivity index (χ4n) is 3.98. The number of hydrogen-bond donors (Lipinski definition) is 2. The van der Waals surface area contributed by atoms with Crippen LogP contribution in [0.5, 0.6) is 0 Å². The molecule has 2 N–H and O–H groups in total. The van der Waals surface area contributed by atoms with Gasteiger partial charge in [-0.3, -0.25) is 9.20 Å². The smallest absolute Gasteiger partial charge is 0.251 e. The first kappa shape index (κ1) is 25.4. The van der Waals surface area contributed by atoms with E-state index in [9.17, 15) is 4.79 Å². The highest BCUT2D eigenvalue weighted by Gasteiger charge is 2.12. The number of hydrogen-bond acceptors (Lipinski definition) is 4. The third-order valence-electron chi connectivity index (χ3n) is 6.02. The number of carbonyl (C=O) groups excluding carboxylic acids is 1. The quantitative estimate of drug-likeness (QED) is 0.182. The number of anilines is 1. The maximum atomic E-state index is 12.5. The summed E-state index contributed by atoms with van der Waals surface area (Å²) in [6, 6.07) is 27.5. The number of halogens is 2. The molecule has 0 aliphatic heterocycles. The molecule has 5 rings (SSSR count). The van der Waals surface area contributed by atoms with Gasteiger partial charge in [-0.25, -0.2) is 4.98 Å². The van der Waals surface area contributed by atoms with Gasteiger partial charge in [-0.2, -0.15) is 0 Å². The van der Waals surface area contributed by atoms with E-state index in [1.807, 2.05) is 89.6 Å². The molecule has 0 saturated heterocycles. The van der Waals surface area contributed by atoms with Crippen LogP contribution in [0.1, 0.15) is 21.5 Å². The van der Waals surface area contributed by atoms with Crippen molar-refractivity contribution >= 4 is 56.7 Å². The van der Waals surface area contributed by atoms with Crippen molar-refractivity contribution in [3.05, 3.63) is 117 Å². The van der Waals surface area contributed by atoms with Crippen LogP contribution in [-0.2, 0) is 13.1 Å². The van der Waals surface area contributed by atoms with Gasteiger partial charge in [0.05, 0.1) is 10.2 Å². The molecule has 0 bridgehead atoms. The number of thioether (sulfide) groups is 1. The molecule has 5 nitrogen and oxygen atoms in total. The molecule has 0 fully saturated rings. The molecule has 37 heavy (non-hydrogen) atoms. The SMILES string of the molecule is CSc1ccc(C(=O)NCc2ccc(CNc3cc(-c4ccccc4Cl)nc4c(Br)ccn34)cc2)cc1. The van der Waals surface area contributed by atoms with E-state index in [0.29, 0.717) is 23.7 Å². The number of amides is 1. The standard InChI is InChI=1S/C29H24BrClN4OS/c1-37-22-12-10-21(11-13-22)29(36)33-18-20-8-6-19(7-9-20)17-32-27-16-26(23-4-2-3-5-25(23)31)34-28-24(30)14-15-35(27)28/h2-16,32H,17-18H2,1H3,(H,33,36). The van der Waals surface area contributed by atoms with Crippen molar-refractivity contribution in [2.24, 2.45) is 0 Å². The Bertz CT molecular complexity index is 1550. The van der Waals surface area contributed by atoms with Gasteiger partial charge in [0.1, 0.15) is 5.82 Å². The first-order valence-electron chi connectivity index (χ1n) is 11.7. The first-order chi connectivity index (χ1) is 18.0. The lowest BCUT2D eigenvalue weighted by Crippen LogP contribution is -2.22. The lowest BCUT2D eigenvalue weighted by molar-refractivity contribution is 0.0951. The molecule has 0 spiro atoms. The average molecular weight is 592 g/mol. The van der Waals surface area contributed by atoms with Crippen LogP contribution in [0.15, 0.2) is 100 Å². The average Bonchev–Trinajstić information content (AvgIpc) is 3.31. The molecular formula is C29H24BrClN4OS. The molecule has 0 aliphatic carbocycles. The second-order valence-electron chi connectivity index (χ2n) is 8.44. The zero-order chi connectivity index (χ0) is 25.8. The van der Waals surface area contributed by atoms with Crippen LogP contribution in [0.3, 0.4) is 0 Å². The van der Waals surface area contributed by atoms with Crippen LogP contribution in [0.25, 0.3) is 16.9 Å². The fourth-order valence-corrected chi connectivity index (χ4v) is 5.02. The Morgan fingerprint density at radius 3 is 2.38 bits per heavy atom. The minimum Gasteiger partial charge on any atom is -0.367 e. The number of fused-ring (bicyclic) bond motifs is 1. The molecule has 2 heterocycles. The van der Waals surface area contributed by atoms with Gasteiger partial charge in [0.15, 0.2) is 5.65 Å². The van der Waals surface area contributed by atoms with Crippen LogP contribution in [-0.4, -0.2) is 21.5 Å². The molecule has 0 unspecified atom stereocenters. The Kier molecular flexibility index (Phi) is 7.84. The molecule has 3 aromatic carbocycles. The van der Waals surface area contributed by atoms with Crippen LogP contribution in [0.2, 0.25) is 5.02 Å². The highest BCUT2D eigenvalue weighted by molar-refractivity contribution is 9.10. The van der Waals surface area contributed by atoms with Crippen molar-refractivity contribution in [3.63, 3.8) is 0 Å². The Morgan fingerprint density at radius 1 is 0.973 bits per heavy atom. The zero-order valence-corrected chi connectivity index (χ0v) is 23.2. The summed E-state index contributed by atoms with van der Waals surface area (Å²) in [6.07, 6.45) is 3.99. The van der Waals surface area contributed by atoms with Crippen LogP contribution in [0.4, 0.5) is 5.82 Å². The number of rotatable bonds is 8. The summed E-state index contributed by atoms with van der Waals surface area (Å²) in [6.45, 7) is 1.10. The van der Waals surface area contributed by atoms with Gasteiger partial charge in [-0.05, 0) is 69.7 Å². The summed E-state index contributed by atoms with van der Waals surface area (Å²) in [5.41, 5.74) is 5.32. The number of carbonyl (C=O) groups is 1. The summed E-state index contributed by atoms with van der Waals surface area (Å²) >= 11 is 11.7. The molecule has 186 valence electrons. The molecule has 0 saturated carbocycles. The van der Waals surface area contributed by atoms with Crippen LogP contribution < -0.4 is 10.6 Å². The van der Waals surface area contributed by atoms with E-state index < -0.39 is 0 Å². The van der Waals surface area contributed by atoms with Gasteiger partial charge < -0.3 is 10.6 Å². The Hall–Kier alpha value is -3.26. The topological polar surface area (TPSA) is 58.4 Å². The van der Waals surface area contributed by atoms with E-state index in [4.69, 9.17) is 16.6 Å². The number of aromatic nitrogens is 2. The molecule has 0 aliphatic rings. The Morgan fingerprint density at radius 2 is 1.68 bits per heavy atom. The Labute approximate surface area is 233 Å². The molecule has 0 radical (unpaired) electrons. The van der Waals surface area contributed by atoms with Gasteiger partial charge in [0, 0.05) is 46.4 Å². The molecule has 0 atom stereocenters. The first-order valence-corrected chi connectivity index (χ1v) is 14.1. The van der Waals surface area contributed by atoms with Crippen molar-refractivity contribution in [2.45, 2.75) is 18.0 Å². The highest BCUT2D eigenvalue weighted by atomic mass is 79.9. The normalized spacial score (nSPS) is 11.0. The van der Waals surface area contributed by atoms with Gasteiger partial charge in [-0.15, -0.1) is 11.8 Å².